The van der Waals surface area contributed by atoms with Crippen LogP contribution >= 0.6 is 0 Å². The molecular weight excluding hydrogens is 232 g/mol. The van der Waals surface area contributed by atoms with E-state index < -0.39 is 0 Å². The van der Waals surface area contributed by atoms with Crippen molar-refractivity contribution >= 4 is 5.57 Å². The third-order valence-electron chi connectivity index (χ3n) is 3.74. The molecule has 102 valence electrons. The van der Waals surface area contributed by atoms with Crippen LogP contribution in [0.15, 0.2) is 36.2 Å². The Balaban J connectivity index is 2.11. The second-order valence-electron chi connectivity index (χ2n) is 5.40. The molecule has 1 N–H and O–H groups in total. The molecule has 1 aliphatic rings. The van der Waals surface area contributed by atoms with Crippen LogP contribution in [0.3, 0.4) is 0 Å². The van der Waals surface area contributed by atoms with E-state index in [1.807, 2.05) is 6.20 Å². The van der Waals surface area contributed by atoms with E-state index in [-0.39, 0.29) is 0 Å². The maximum Gasteiger partial charge on any atom is 0.0401 e. The standard InChI is InChI=1S/C17H24N2/c1-4-17-8-7-16(12-19-17)14-5-6-15(13(2)3)11-18-10-9-14/h7-9,11-13,18H,4-6,10H2,1-3H3/b14-9+,15-11-. The van der Waals surface area contributed by atoms with Crippen LogP contribution in [0.2, 0.25) is 0 Å². The number of hydrogen-bond acceptors (Lipinski definition) is 2. The van der Waals surface area contributed by atoms with Crippen molar-refractivity contribution in [2.75, 3.05) is 6.54 Å². The summed E-state index contributed by atoms with van der Waals surface area (Å²) in [5.74, 6) is 0.618. The quantitative estimate of drug-likeness (QED) is 0.885. The molecule has 0 saturated carbocycles. The van der Waals surface area contributed by atoms with Gasteiger partial charge in [0.25, 0.3) is 0 Å². The molecule has 0 aliphatic carbocycles. The van der Waals surface area contributed by atoms with Gasteiger partial charge in [0.05, 0.1) is 0 Å². The molecule has 2 heteroatoms. The highest BCUT2D eigenvalue weighted by Gasteiger charge is 2.09. The van der Waals surface area contributed by atoms with E-state index in [0.717, 1.165) is 31.5 Å². The summed E-state index contributed by atoms with van der Waals surface area (Å²) >= 11 is 0. The number of nitrogens with one attached hydrogen (secondary N) is 1. The molecule has 0 bridgehead atoms. The van der Waals surface area contributed by atoms with Gasteiger partial charge in [-0.15, -0.1) is 0 Å². The highest BCUT2D eigenvalue weighted by atomic mass is 14.8. The fourth-order valence-electron chi connectivity index (χ4n) is 2.37. The van der Waals surface area contributed by atoms with Gasteiger partial charge in [0, 0.05) is 18.4 Å². The summed E-state index contributed by atoms with van der Waals surface area (Å²) in [6.45, 7) is 7.56. The van der Waals surface area contributed by atoms with Crippen molar-refractivity contribution in [1.82, 2.24) is 10.3 Å². The minimum Gasteiger partial charge on any atom is -0.387 e. The topological polar surface area (TPSA) is 24.9 Å². The first kappa shape index (κ1) is 13.9. The van der Waals surface area contributed by atoms with Gasteiger partial charge in [0.1, 0.15) is 0 Å². The van der Waals surface area contributed by atoms with Crippen molar-refractivity contribution < 1.29 is 0 Å². The lowest BCUT2D eigenvalue weighted by Crippen LogP contribution is -2.11. The summed E-state index contributed by atoms with van der Waals surface area (Å²) in [7, 11) is 0. The molecule has 0 amide bonds. The predicted molar refractivity (Wildman–Crippen MR) is 81.7 cm³/mol. The molecule has 1 aromatic heterocycles. The minimum absolute atomic E-state index is 0.618. The molecule has 19 heavy (non-hydrogen) atoms. The lowest BCUT2D eigenvalue weighted by Gasteiger charge is -2.17. The molecule has 0 unspecified atom stereocenters. The second-order valence-corrected chi connectivity index (χ2v) is 5.40. The molecule has 0 aromatic carbocycles. The van der Waals surface area contributed by atoms with Gasteiger partial charge in [-0.2, -0.15) is 0 Å². The van der Waals surface area contributed by atoms with Gasteiger partial charge in [-0.3, -0.25) is 4.98 Å². The van der Waals surface area contributed by atoms with Gasteiger partial charge in [-0.1, -0.05) is 38.5 Å². The van der Waals surface area contributed by atoms with Crippen LogP contribution in [-0.4, -0.2) is 11.5 Å². The molecule has 1 aliphatic heterocycles. The smallest absolute Gasteiger partial charge is 0.0401 e. The zero-order chi connectivity index (χ0) is 13.7. The molecular formula is C17H24N2. The Morgan fingerprint density at radius 2 is 2.11 bits per heavy atom. The molecule has 0 saturated heterocycles. The zero-order valence-electron chi connectivity index (χ0n) is 12.2. The number of aryl methyl sites for hydroxylation is 1. The lowest BCUT2D eigenvalue weighted by atomic mass is 9.93. The number of hydrogen-bond donors (Lipinski definition) is 1. The van der Waals surface area contributed by atoms with Crippen molar-refractivity contribution in [2.45, 2.75) is 40.0 Å². The SMILES string of the molecule is CCc1ccc(/C2=C/CN/C=C(\C(C)C)CC2)cn1. The fourth-order valence-corrected chi connectivity index (χ4v) is 2.37. The maximum absolute atomic E-state index is 4.50. The van der Waals surface area contributed by atoms with Crippen molar-refractivity contribution in [2.24, 2.45) is 5.92 Å². The van der Waals surface area contributed by atoms with Crippen molar-refractivity contribution in [3.63, 3.8) is 0 Å². The van der Waals surface area contributed by atoms with Crippen LogP contribution < -0.4 is 5.32 Å². The predicted octanol–water partition coefficient (Wildman–Crippen LogP) is 3.95. The van der Waals surface area contributed by atoms with Crippen LogP contribution in [0.4, 0.5) is 0 Å². The molecule has 0 radical (unpaired) electrons. The summed E-state index contributed by atoms with van der Waals surface area (Å²) in [4.78, 5) is 4.50. The number of rotatable bonds is 3. The second kappa shape index (κ2) is 6.55. The van der Waals surface area contributed by atoms with Gasteiger partial charge in [0.15, 0.2) is 0 Å². The van der Waals surface area contributed by atoms with Crippen LogP contribution in [0.25, 0.3) is 5.57 Å². The van der Waals surface area contributed by atoms with Crippen LogP contribution in [-0.2, 0) is 6.42 Å². The van der Waals surface area contributed by atoms with Crippen LogP contribution in [0.1, 0.15) is 44.9 Å². The van der Waals surface area contributed by atoms with Crippen molar-refractivity contribution in [3.8, 4) is 0 Å². The molecule has 0 spiro atoms. The normalized spacial score (nSPS) is 21.7. The average Bonchev–Trinajstić information content (AvgIpc) is 2.38. The first-order chi connectivity index (χ1) is 9.20. The fraction of sp³-hybridized carbons (Fsp3) is 0.471. The third kappa shape index (κ3) is 3.69. The number of pyridine rings is 1. The van der Waals surface area contributed by atoms with Crippen LogP contribution in [0, 0.1) is 5.92 Å². The lowest BCUT2D eigenvalue weighted by molar-refractivity contribution is 0.699. The monoisotopic (exact) mass is 256 g/mol. The highest BCUT2D eigenvalue weighted by Crippen LogP contribution is 2.25. The Hall–Kier alpha value is -1.57. The molecule has 0 fully saturated rings. The van der Waals surface area contributed by atoms with Crippen molar-refractivity contribution in [3.05, 3.63) is 47.4 Å². The average molecular weight is 256 g/mol. The highest BCUT2D eigenvalue weighted by molar-refractivity contribution is 5.65. The summed E-state index contributed by atoms with van der Waals surface area (Å²) in [6.07, 6.45) is 9.74. The third-order valence-corrected chi connectivity index (χ3v) is 3.74. The summed E-state index contributed by atoms with van der Waals surface area (Å²) < 4.78 is 0. The number of allylic oxidation sites excluding steroid dienone is 2. The molecule has 2 nitrogen and oxygen atoms in total. The van der Waals surface area contributed by atoms with Gasteiger partial charge in [0.2, 0.25) is 0 Å². The Bertz CT molecular complexity index is 467. The maximum atomic E-state index is 4.50. The van der Waals surface area contributed by atoms with E-state index in [4.69, 9.17) is 0 Å². The summed E-state index contributed by atoms with van der Waals surface area (Å²) in [5.41, 5.74) is 5.35. The summed E-state index contributed by atoms with van der Waals surface area (Å²) in [5, 5.41) is 3.38. The van der Waals surface area contributed by atoms with Crippen LogP contribution in [0.5, 0.6) is 0 Å². The van der Waals surface area contributed by atoms with Gasteiger partial charge in [-0.05, 0) is 48.6 Å². The van der Waals surface area contributed by atoms with Gasteiger partial charge in [-0.25, -0.2) is 0 Å². The summed E-state index contributed by atoms with van der Waals surface area (Å²) in [6, 6.07) is 4.35. The van der Waals surface area contributed by atoms with E-state index in [9.17, 15) is 0 Å². The van der Waals surface area contributed by atoms with E-state index in [1.165, 1.54) is 16.7 Å². The first-order valence-electron chi connectivity index (χ1n) is 7.27. The van der Waals surface area contributed by atoms with E-state index in [1.54, 1.807) is 0 Å². The molecule has 1 aromatic rings. The van der Waals surface area contributed by atoms with Crippen molar-refractivity contribution in [1.29, 1.82) is 0 Å². The molecule has 2 heterocycles. The van der Waals surface area contributed by atoms with E-state index in [0.29, 0.717) is 5.92 Å². The Kier molecular flexibility index (Phi) is 4.78. The minimum atomic E-state index is 0.618. The van der Waals surface area contributed by atoms with E-state index in [2.05, 4.69) is 55.5 Å². The van der Waals surface area contributed by atoms with E-state index >= 15 is 0 Å². The van der Waals surface area contributed by atoms with Gasteiger partial charge < -0.3 is 5.32 Å². The zero-order valence-corrected chi connectivity index (χ0v) is 12.2. The van der Waals surface area contributed by atoms with Gasteiger partial charge >= 0.3 is 0 Å². The Morgan fingerprint density at radius 1 is 1.26 bits per heavy atom. The Morgan fingerprint density at radius 3 is 2.74 bits per heavy atom. The largest absolute Gasteiger partial charge is 0.387 e. The number of aromatic nitrogens is 1. The number of nitrogens with zero attached hydrogens (tertiary/aromatic N) is 1. The Labute approximate surface area is 116 Å². The first-order valence-corrected chi connectivity index (χ1v) is 7.27. The molecule has 0 atom stereocenters. The molecule has 2 rings (SSSR count).